The summed E-state index contributed by atoms with van der Waals surface area (Å²) < 4.78 is 1.99. The molecule has 0 aromatic carbocycles. The first-order chi connectivity index (χ1) is 8.26. The van der Waals surface area contributed by atoms with Gasteiger partial charge in [0.1, 0.15) is 0 Å². The molecule has 1 aromatic heterocycles. The molecule has 2 aliphatic carbocycles. The zero-order valence-corrected chi connectivity index (χ0v) is 10.1. The van der Waals surface area contributed by atoms with E-state index in [0.717, 1.165) is 37.4 Å². The normalized spacial score (nSPS) is 21.8. The average molecular weight is 236 g/mol. The molecule has 0 radical (unpaired) electrons. The van der Waals surface area contributed by atoms with Crippen LogP contribution in [0.15, 0.2) is 0 Å². The van der Waals surface area contributed by atoms with Gasteiger partial charge in [0, 0.05) is 12.0 Å². The predicted octanol–water partition coefficient (Wildman–Crippen LogP) is 0.462. The first-order valence-electron chi connectivity index (χ1n) is 6.48. The lowest BCUT2D eigenvalue weighted by molar-refractivity contribution is 0.188. The Kier molecular flexibility index (Phi) is 2.67. The van der Waals surface area contributed by atoms with E-state index in [1.807, 2.05) is 4.68 Å². The van der Waals surface area contributed by atoms with Crippen molar-refractivity contribution in [2.24, 2.45) is 17.1 Å². The van der Waals surface area contributed by atoms with Crippen LogP contribution in [-0.2, 0) is 19.5 Å². The van der Waals surface area contributed by atoms with E-state index in [1.165, 1.54) is 18.5 Å². The van der Waals surface area contributed by atoms with Gasteiger partial charge in [0.05, 0.1) is 24.5 Å². The van der Waals surface area contributed by atoms with Crippen LogP contribution in [0.25, 0.3) is 0 Å². The summed E-state index contributed by atoms with van der Waals surface area (Å²) in [6, 6.07) is 0. The van der Waals surface area contributed by atoms with Crippen LogP contribution in [0.3, 0.4) is 0 Å². The standard InChI is InChI=1S/C12H20N4O/c13-6-10-11(5-9-1-2-9)16(15-14-10)7-12(8-17)3-4-12/h9,17H,1-8,13H2. The van der Waals surface area contributed by atoms with Gasteiger partial charge in [-0.3, -0.25) is 0 Å². The van der Waals surface area contributed by atoms with E-state index in [1.54, 1.807) is 0 Å². The lowest BCUT2D eigenvalue weighted by Crippen LogP contribution is -2.19. The van der Waals surface area contributed by atoms with Gasteiger partial charge in [0.2, 0.25) is 0 Å². The van der Waals surface area contributed by atoms with Crippen LogP contribution in [0.2, 0.25) is 0 Å². The van der Waals surface area contributed by atoms with Crippen LogP contribution < -0.4 is 5.73 Å². The highest BCUT2D eigenvalue weighted by Crippen LogP contribution is 2.46. The molecule has 5 heteroatoms. The quantitative estimate of drug-likeness (QED) is 0.752. The second-order valence-electron chi connectivity index (χ2n) is 5.65. The van der Waals surface area contributed by atoms with Gasteiger partial charge in [-0.25, -0.2) is 4.68 Å². The Morgan fingerprint density at radius 1 is 1.41 bits per heavy atom. The van der Waals surface area contributed by atoms with Crippen molar-refractivity contribution in [3.8, 4) is 0 Å². The van der Waals surface area contributed by atoms with Crippen LogP contribution >= 0.6 is 0 Å². The molecule has 5 nitrogen and oxygen atoms in total. The Balaban J connectivity index is 1.79. The number of aromatic nitrogens is 3. The smallest absolute Gasteiger partial charge is 0.0994 e. The summed E-state index contributed by atoms with van der Waals surface area (Å²) in [5.41, 5.74) is 7.93. The average Bonchev–Trinajstić information content (AvgIpc) is 3.22. The van der Waals surface area contributed by atoms with E-state index in [2.05, 4.69) is 10.3 Å². The minimum absolute atomic E-state index is 0.0812. The van der Waals surface area contributed by atoms with Gasteiger partial charge in [-0.2, -0.15) is 0 Å². The fourth-order valence-corrected chi connectivity index (χ4v) is 2.33. The number of rotatable bonds is 6. The molecule has 0 spiro atoms. The molecule has 1 aromatic rings. The predicted molar refractivity (Wildman–Crippen MR) is 63.1 cm³/mol. The number of hydrogen-bond donors (Lipinski definition) is 2. The Morgan fingerprint density at radius 3 is 2.71 bits per heavy atom. The molecule has 94 valence electrons. The minimum Gasteiger partial charge on any atom is -0.396 e. The first kappa shape index (κ1) is 11.2. The summed E-state index contributed by atoms with van der Waals surface area (Å²) in [5, 5.41) is 17.8. The fourth-order valence-electron chi connectivity index (χ4n) is 2.33. The minimum atomic E-state index is 0.0812. The van der Waals surface area contributed by atoms with Gasteiger partial charge in [-0.1, -0.05) is 5.21 Å². The van der Waals surface area contributed by atoms with E-state index in [4.69, 9.17) is 5.73 Å². The van der Waals surface area contributed by atoms with Gasteiger partial charge in [0.15, 0.2) is 0 Å². The summed E-state index contributed by atoms with van der Waals surface area (Å²) in [6.07, 6.45) is 5.90. The maximum atomic E-state index is 9.38. The molecule has 0 unspecified atom stereocenters. The van der Waals surface area contributed by atoms with Crippen LogP contribution in [0.5, 0.6) is 0 Å². The molecule has 3 rings (SSSR count). The Bertz CT molecular complexity index is 407. The van der Waals surface area contributed by atoms with Gasteiger partial charge in [-0.15, -0.1) is 5.10 Å². The number of hydrogen-bond acceptors (Lipinski definition) is 4. The van der Waals surface area contributed by atoms with E-state index in [-0.39, 0.29) is 12.0 Å². The van der Waals surface area contributed by atoms with E-state index < -0.39 is 0 Å². The van der Waals surface area contributed by atoms with Crippen molar-refractivity contribution >= 4 is 0 Å². The molecule has 3 N–H and O–H groups in total. The van der Waals surface area contributed by atoms with Crippen molar-refractivity contribution < 1.29 is 5.11 Å². The highest BCUT2D eigenvalue weighted by atomic mass is 16.3. The SMILES string of the molecule is NCc1nnn(CC2(CO)CC2)c1CC1CC1. The fraction of sp³-hybridized carbons (Fsp3) is 0.833. The molecule has 2 aliphatic rings. The summed E-state index contributed by atoms with van der Waals surface area (Å²) in [7, 11) is 0. The molecule has 0 bridgehead atoms. The lowest BCUT2D eigenvalue weighted by Gasteiger charge is -2.13. The van der Waals surface area contributed by atoms with Gasteiger partial charge in [0.25, 0.3) is 0 Å². The number of aliphatic hydroxyl groups is 1. The molecule has 0 atom stereocenters. The zero-order chi connectivity index (χ0) is 11.9. The van der Waals surface area contributed by atoms with Crippen LogP contribution in [0, 0.1) is 11.3 Å². The van der Waals surface area contributed by atoms with Gasteiger partial charge >= 0.3 is 0 Å². The van der Waals surface area contributed by atoms with Crippen LogP contribution in [0.1, 0.15) is 37.1 Å². The third-order valence-corrected chi connectivity index (χ3v) is 4.07. The Hall–Kier alpha value is -0.940. The van der Waals surface area contributed by atoms with Crippen molar-refractivity contribution in [3.05, 3.63) is 11.4 Å². The zero-order valence-electron chi connectivity index (χ0n) is 10.1. The van der Waals surface area contributed by atoms with Gasteiger partial charge in [-0.05, 0) is 38.0 Å². The molecule has 2 saturated carbocycles. The third kappa shape index (κ3) is 2.21. The second-order valence-corrected chi connectivity index (χ2v) is 5.65. The molecule has 0 aliphatic heterocycles. The van der Waals surface area contributed by atoms with Crippen molar-refractivity contribution in [1.82, 2.24) is 15.0 Å². The molecule has 0 saturated heterocycles. The third-order valence-electron chi connectivity index (χ3n) is 4.07. The van der Waals surface area contributed by atoms with E-state index in [0.29, 0.717) is 6.54 Å². The highest BCUT2D eigenvalue weighted by molar-refractivity contribution is 5.13. The molecule has 1 heterocycles. The Morgan fingerprint density at radius 2 is 2.18 bits per heavy atom. The van der Waals surface area contributed by atoms with Crippen LogP contribution in [0.4, 0.5) is 0 Å². The molecule has 2 fully saturated rings. The van der Waals surface area contributed by atoms with Crippen molar-refractivity contribution in [2.45, 2.75) is 45.2 Å². The largest absolute Gasteiger partial charge is 0.396 e. The highest BCUT2D eigenvalue weighted by Gasteiger charge is 2.43. The van der Waals surface area contributed by atoms with Crippen molar-refractivity contribution in [3.63, 3.8) is 0 Å². The number of nitrogens with zero attached hydrogens (tertiary/aromatic N) is 3. The maximum absolute atomic E-state index is 9.38. The topological polar surface area (TPSA) is 77.0 Å². The lowest BCUT2D eigenvalue weighted by atomic mass is 10.1. The monoisotopic (exact) mass is 236 g/mol. The van der Waals surface area contributed by atoms with Crippen molar-refractivity contribution in [1.29, 1.82) is 0 Å². The summed E-state index contributed by atoms with van der Waals surface area (Å²) in [5.74, 6) is 0.807. The number of aliphatic hydroxyl groups excluding tert-OH is 1. The van der Waals surface area contributed by atoms with E-state index >= 15 is 0 Å². The first-order valence-corrected chi connectivity index (χ1v) is 6.48. The van der Waals surface area contributed by atoms with Gasteiger partial charge < -0.3 is 10.8 Å². The van der Waals surface area contributed by atoms with E-state index in [9.17, 15) is 5.11 Å². The molecule has 0 amide bonds. The summed E-state index contributed by atoms with van der Waals surface area (Å²) in [4.78, 5) is 0. The van der Waals surface area contributed by atoms with Crippen molar-refractivity contribution in [2.75, 3.05) is 6.61 Å². The Labute approximate surface area is 101 Å². The summed E-state index contributed by atoms with van der Waals surface area (Å²) >= 11 is 0. The maximum Gasteiger partial charge on any atom is 0.0994 e. The molecular formula is C12H20N4O. The molecular weight excluding hydrogens is 216 g/mol. The second kappa shape index (κ2) is 4.07. The molecule has 17 heavy (non-hydrogen) atoms. The van der Waals surface area contributed by atoms with Crippen LogP contribution in [-0.4, -0.2) is 26.7 Å². The summed E-state index contributed by atoms with van der Waals surface area (Å²) in [6.45, 7) is 1.53. The number of nitrogens with two attached hydrogens (primary N) is 1.